The molecule has 100 valence electrons. The summed E-state index contributed by atoms with van der Waals surface area (Å²) in [6, 6.07) is 0. The summed E-state index contributed by atoms with van der Waals surface area (Å²) in [5.41, 5.74) is 5.68. The number of carbonyl (C=O) groups excluding carboxylic acids is 1. The Labute approximate surface area is 106 Å². The van der Waals surface area contributed by atoms with Crippen molar-refractivity contribution in [1.29, 1.82) is 0 Å². The maximum Gasteiger partial charge on any atom is 0.223 e. The molecule has 1 aliphatic rings. The Balaban J connectivity index is 2.29. The van der Waals surface area contributed by atoms with E-state index in [9.17, 15) is 4.79 Å². The molecule has 0 aliphatic heterocycles. The fourth-order valence-corrected chi connectivity index (χ4v) is 2.47. The molecule has 0 heterocycles. The largest absolute Gasteiger partial charge is 0.355 e. The van der Waals surface area contributed by atoms with Gasteiger partial charge in [0.2, 0.25) is 5.91 Å². The summed E-state index contributed by atoms with van der Waals surface area (Å²) in [4.78, 5) is 12.0. The van der Waals surface area contributed by atoms with Gasteiger partial charge in [-0.15, -0.1) is 0 Å². The number of hydrogen-bond donors (Lipinski definition) is 2. The molecule has 0 spiro atoms. The average Bonchev–Trinajstić information content (AvgIpc) is 2.27. The van der Waals surface area contributed by atoms with Crippen LogP contribution >= 0.6 is 0 Å². The summed E-state index contributed by atoms with van der Waals surface area (Å²) >= 11 is 0. The van der Waals surface area contributed by atoms with E-state index in [0.717, 1.165) is 31.7 Å². The van der Waals surface area contributed by atoms with E-state index in [-0.39, 0.29) is 17.2 Å². The molecule has 3 nitrogen and oxygen atoms in total. The number of amides is 1. The minimum atomic E-state index is 0.117. The topological polar surface area (TPSA) is 55.1 Å². The number of carbonyl (C=O) groups is 1. The van der Waals surface area contributed by atoms with E-state index in [1.807, 2.05) is 0 Å². The van der Waals surface area contributed by atoms with Gasteiger partial charge in [-0.25, -0.2) is 0 Å². The van der Waals surface area contributed by atoms with Gasteiger partial charge in [-0.05, 0) is 50.0 Å². The second kappa shape index (κ2) is 6.39. The summed E-state index contributed by atoms with van der Waals surface area (Å²) in [7, 11) is 0. The zero-order chi connectivity index (χ0) is 12.9. The molecule has 1 aliphatic carbocycles. The van der Waals surface area contributed by atoms with Crippen LogP contribution in [0.2, 0.25) is 0 Å². The first kappa shape index (κ1) is 14.5. The van der Waals surface area contributed by atoms with Crippen molar-refractivity contribution < 1.29 is 4.79 Å². The molecular formula is C14H28N2O. The summed E-state index contributed by atoms with van der Waals surface area (Å²) in [5.74, 6) is 1.30. The van der Waals surface area contributed by atoms with Crippen LogP contribution in [0.1, 0.15) is 52.9 Å². The molecule has 0 aromatic rings. The third-order valence-corrected chi connectivity index (χ3v) is 3.95. The van der Waals surface area contributed by atoms with Crippen molar-refractivity contribution in [3.8, 4) is 0 Å². The Bertz CT molecular complexity index is 243. The van der Waals surface area contributed by atoms with Crippen LogP contribution in [-0.4, -0.2) is 19.0 Å². The van der Waals surface area contributed by atoms with Gasteiger partial charge in [-0.2, -0.15) is 0 Å². The van der Waals surface area contributed by atoms with Crippen LogP contribution in [0.3, 0.4) is 0 Å². The minimum Gasteiger partial charge on any atom is -0.355 e. The molecule has 0 atom stereocenters. The van der Waals surface area contributed by atoms with Crippen molar-refractivity contribution in [2.75, 3.05) is 13.1 Å². The van der Waals surface area contributed by atoms with E-state index in [2.05, 4.69) is 26.1 Å². The van der Waals surface area contributed by atoms with Crippen molar-refractivity contribution in [3.05, 3.63) is 0 Å². The first-order chi connectivity index (χ1) is 7.94. The van der Waals surface area contributed by atoms with Crippen molar-refractivity contribution in [1.82, 2.24) is 5.32 Å². The summed E-state index contributed by atoms with van der Waals surface area (Å²) in [6.07, 6.45) is 5.47. The normalized spacial score (nSPS) is 25.6. The van der Waals surface area contributed by atoms with E-state index in [1.165, 1.54) is 12.8 Å². The first-order valence-electron chi connectivity index (χ1n) is 6.92. The van der Waals surface area contributed by atoms with E-state index in [1.54, 1.807) is 0 Å². The van der Waals surface area contributed by atoms with Crippen LogP contribution in [0.15, 0.2) is 0 Å². The molecule has 0 saturated heterocycles. The van der Waals surface area contributed by atoms with E-state index < -0.39 is 0 Å². The Morgan fingerprint density at radius 3 is 2.41 bits per heavy atom. The van der Waals surface area contributed by atoms with E-state index >= 15 is 0 Å². The second-order valence-corrected chi connectivity index (χ2v) is 6.38. The molecule has 1 rings (SSSR count). The Kier molecular flexibility index (Phi) is 5.44. The van der Waals surface area contributed by atoms with Gasteiger partial charge >= 0.3 is 0 Å². The smallest absolute Gasteiger partial charge is 0.223 e. The highest BCUT2D eigenvalue weighted by Crippen LogP contribution is 2.28. The van der Waals surface area contributed by atoms with Crippen molar-refractivity contribution in [2.45, 2.75) is 52.9 Å². The fraction of sp³-hybridized carbons (Fsp3) is 0.929. The lowest BCUT2D eigenvalue weighted by Crippen LogP contribution is -2.39. The van der Waals surface area contributed by atoms with Gasteiger partial charge in [0.1, 0.15) is 0 Å². The molecule has 0 radical (unpaired) electrons. The highest BCUT2D eigenvalue weighted by atomic mass is 16.1. The molecule has 0 aromatic heterocycles. The van der Waals surface area contributed by atoms with Gasteiger partial charge < -0.3 is 11.1 Å². The highest BCUT2D eigenvalue weighted by Gasteiger charge is 2.25. The van der Waals surface area contributed by atoms with Crippen molar-refractivity contribution >= 4 is 5.91 Å². The number of nitrogens with two attached hydrogens (primary N) is 1. The highest BCUT2D eigenvalue weighted by molar-refractivity contribution is 5.78. The van der Waals surface area contributed by atoms with E-state index in [0.29, 0.717) is 6.54 Å². The monoisotopic (exact) mass is 240 g/mol. The summed E-state index contributed by atoms with van der Waals surface area (Å²) in [6.45, 7) is 8.02. The Morgan fingerprint density at radius 2 is 1.88 bits per heavy atom. The van der Waals surface area contributed by atoms with Gasteiger partial charge in [0.25, 0.3) is 0 Å². The van der Waals surface area contributed by atoms with Crippen LogP contribution in [0.4, 0.5) is 0 Å². The zero-order valence-corrected chi connectivity index (χ0v) is 11.6. The van der Waals surface area contributed by atoms with Crippen LogP contribution in [0, 0.1) is 17.3 Å². The van der Waals surface area contributed by atoms with E-state index in [4.69, 9.17) is 5.73 Å². The molecule has 1 saturated carbocycles. The van der Waals surface area contributed by atoms with Crippen LogP contribution < -0.4 is 11.1 Å². The Hall–Kier alpha value is -0.570. The maximum atomic E-state index is 12.0. The SMILES string of the molecule is CC1CCC(C(=O)NCC(C)(C)CCN)CC1. The molecule has 17 heavy (non-hydrogen) atoms. The van der Waals surface area contributed by atoms with Crippen LogP contribution in [0.25, 0.3) is 0 Å². The molecule has 1 fully saturated rings. The average molecular weight is 240 g/mol. The van der Waals surface area contributed by atoms with Gasteiger partial charge in [-0.3, -0.25) is 4.79 Å². The number of nitrogens with one attached hydrogen (secondary N) is 1. The third kappa shape index (κ3) is 5.07. The molecule has 3 N–H and O–H groups in total. The molecule has 0 aromatic carbocycles. The van der Waals surface area contributed by atoms with Crippen molar-refractivity contribution in [2.24, 2.45) is 23.0 Å². The molecular weight excluding hydrogens is 212 g/mol. The fourth-order valence-electron chi connectivity index (χ4n) is 2.47. The maximum absolute atomic E-state index is 12.0. The molecule has 3 heteroatoms. The quantitative estimate of drug-likeness (QED) is 0.774. The van der Waals surface area contributed by atoms with Gasteiger partial charge in [0, 0.05) is 12.5 Å². The molecule has 0 unspecified atom stereocenters. The van der Waals surface area contributed by atoms with Gasteiger partial charge in [0.05, 0.1) is 0 Å². The predicted molar refractivity (Wildman–Crippen MR) is 71.6 cm³/mol. The number of hydrogen-bond acceptors (Lipinski definition) is 2. The number of rotatable bonds is 5. The first-order valence-corrected chi connectivity index (χ1v) is 6.92. The van der Waals surface area contributed by atoms with Crippen LogP contribution in [-0.2, 0) is 4.79 Å². The molecule has 1 amide bonds. The third-order valence-electron chi connectivity index (χ3n) is 3.95. The van der Waals surface area contributed by atoms with Gasteiger partial charge in [-0.1, -0.05) is 20.8 Å². The van der Waals surface area contributed by atoms with Crippen LogP contribution in [0.5, 0.6) is 0 Å². The van der Waals surface area contributed by atoms with Gasteiger partial charge in [0.15, 0.2) is 0 Å². The molecule has 0 bridgehead atoms. The minimum absolute atomic E-state index is 0.117. The predicted octanol–water partition coefficient (Wildman–Crippen LogP) is 2.30. The lowest BCUT2D eigenvalue weighted by molar-refractivity contribution is -0.126. The summed E-state index contributed by atoms with van der Waals surface area (Å²) in [5, 5.41) is 3.10. The standard InChI is InChI=1S/C14H28N2O/c1-11-4-6-12(7-5-11)13(17)16-10-14(2,3)8-9-15/h11-12H,4-10,15H2,1-3H3,(H,16,17). The second-order valence-electron chi connectivity index (χ2n) is 6.38. The lowest BCUT2D eigenvalue weighted by Gasteiger charge is -2.28. The lowest BCUT2D eigenvalue weighted by atomic mass is 9.82. The van der Waals surface area contributed by atoms with Crippen molar-refractivity contribution in [3.63, 3.8) is 0 Å². The Morgan fingerprint density at radius 1 is 1.29 bits per heavy atom. The summed E-state index contributed by atoms with van der Waals surface area (Å²) < 4.78 is 0. The zero-order valence-electron chi connectivity index (χ0n) is 11.6.